The van der Waals surface area contributed by atoms with Crippen molar-refractivity contribution in [3.8, 4) is 0 Å². The Labute approximate surface area is 128 Å². The summed E-state index contributed by atoms with van der Waals surface area (Å²) in [5.74, 6) is 0.112. The van der Waals surface area contributed by atoms with Crippen LogP contribution in [0.15, 0.2) is 23.6 Å². The summed E-state index contributed by atoms with van der Waals surface area (Å²) < 4.78 is 0. The van der Waals surface area contributed by atoms with Crippen molar-refractivity contribution in [1.82, 2.24) is 4.98 Å². The van der Waals surface area contributed by atoms with Gasteiger partial charge in [0, 0.05) is 30.2 Å². The van der Waals surface area contributed by atoms with Gasteiger partial charge in [-0.15, -0.1) is 11.3 Å². The molecule has 21 heavy (non-hydrogen) atoms. The molecular formula is C16H19N3OS. The first-order chi connectivity index (χ1) is 10.0. The van der Waals surface area contributed by atoms with Crippen LogP contribution in [0, 0.1) is 6.92 Å². The van der Waals surface area contributed by atoms with Gasteiger partial charge < -0.3 is 10.2 Å². The number of aromatic nitrogens is 1. The average Bonchev–Trinajstić information content (AvgIpc) is 3.04. The number of thiazole rings is 1. The minimum Gasteiger partial charge on any atom is -0.377 e. The summed E-state index contributed by atoms with van der Waals surface area (Å²) in [5.41, 5.74) is 4.43. The van der Waals surface area contributed by atoms with Crippen molar-refractivity contribution in [3.05, 3.63) is 39.8 Å². The largest absolute Gasteiger partial charge is 0.377 e. The van der Waals surface area contributed by atoms with Crippen LogP contribution in [0.5, 0.6) is 0 Å². The van der Waals surface area contributed by atoms with Gasteiger partial charge in [-0.1, -0.05) is 0 Å². The van der Waals surface area contributed by atoms with E-state index in [2.05, 4.69) is 28.7 Å². The van der Waals surface area contributed by atoms with E-state index in [-0.39, 0.29) is 11.9 Å². The summed E-state index contributed by atoms with van der Waals surface area (Å²) in [4.78, 5) is 17.9. The maximum absolute atomic E-state index is 11.6. The van der Waals surface area contributed by atoms with Crippen LogP contribution in [0.25, 0.3) is 0 Å². The summed E-state index contributed by atoms with van der Waals surface area (Å²) in [7, 11) is 0. The first-order valence-corrected chi connectivity index (χ1v) is 8.02. The van der Waals surface area contributed by atoms with Crippen molar-refractivity contribution in [2.24, 2.45) is 0 Å². The van der Waals surface area contributed by atoms with Gasteiger partial charge in [-0.05, 0) is 44.0 Å². The number of amides is 1. The Morgan fingerprint density at radius 1 is 1.48 bits per heavy atom. The highest BCUT2D eigenvalue weighted by molar-refractivity contribution is 7.09. The number of benzene rings is 1. The van der Waals surface area contributed by atoms with E-state index in [9.17, 15) is 4.79 Å². The minimum absolute atomic E-state index is 0.112. The first kappa shape index (κ1) is 14.1. The van der Waals surface area contributed by atoms with Crippen molar-refractivity contribution in [1.29, 1.82) is 0 Å². The van der Waals surface area contributed by atoms with Gasteiger partial charge in [0.05, 0.1) is 16.7 Å². The van der Waals surface area contributed by atoms with Crippen LogP contribution in [0.4, 0.5) is 11.4 Å². The van der Waals surface area contributed by atoms with E-state index >= 15 is 0 Å². The number of carbonyl (C=O) groups excluding carboxylic acids is 1. The number of hydrogen-bond acceptors (Lipinski definition) is 4. The Kier molecular flexibility index (Phi) is 3.68. The number of nitrogens with one attached hydrogen (secondary N) is 1. The molecule has 1 unspecified atom stereocenters. The molecule has 1 aliphatic rings. The summed E-state index contributed by atoms with van der Waals surface area (Å²) in [6.07, 6.45) is 0.925. The minimum atomic E-state index is 0.112. The van der Waals surface area contributed by atoms with Crippen LogP contribution < -0.4 is 10.2 Å². The highest BCUT2D eigenvalue weighted by atomic mass is 32.1. The van der Waals surface area contributed by atoms with Crippen LogP contribution in [0.2, 0.25) is 0 Å². The van der Waals surface area contributed by atoms with E-state index < -0.39 is 0 Å². The maximum Gasteiger partial charge on any atom is 0.223 e. The van der Waals surface area contributed by atoms with Gasteiger partial charge in [0.1, 0.15) is 0 Å². The third kappa shape index (κ3) is 2.78. The van der Waals surface area contributed by atoms with Crippen LogP contribution >= 0.6 is 11.3 Å². The molecule has 1 aromatic heterocycles. The van der Waals surface area contributed by atoms with E-state index in [1.54, 1.807) is 18.3 Å². The number of aryl methyl sites for hydroxylation is 1. The standard InChI is InChI=1S/C16H19N3OS/c1-10(15-9-21-11(2)18-15)17-14-4-5-16-13(8-14)6-7-19(16)12(3)20/h4-5,8-10,17H,6-7H2,1-3H3. The Morgan fingerprint density at radius 3 is 2.95 bits per heavy atom. The topological polar surface area (TPSA) is 45.2 Å². The monoisotopic (exact) mass is 301 g/mol. The molecular weight excluding hydrogens is 282 g/mol. The SMILES string of the molecule is CC(=O)N1CCc2cc(NC(C)c3csc(C)n3)ccc21. The number of carbonyl (C=O) groups is 1. The van der Waals surface area contributed by atoms with Gasteiger partial charge in [0.2, 0.25) is 5.91 Å². The van der Waals surface area contributed by atoms with Crippen LogP contribution in [0.3, 0.4) is 0 Å². The lowest BCUT2D eigenvalue weighted by atomic mass is 10.1. The zero-order chi connectivity index (χ0) is 15.0. The normalized spacial score (nSPS) is 14.9. The average molecular weight is 301 g/mol. The summed E-state index contributed by atoms with van der Waals surface area (Å²) in [5, 5.41) is 6.67. The second-order valence-corrected chi connectivity index (χ2v) is 6.48. The molecule has 110 valence electrons. The molecule has 2 heterocycles. The highest BCUT2D eigenvalue weighted by Crippen LogP contribution is 2.31. The summed E-state index contributed by atoms with van der Waals surface area (Å²) >= 11 is 1.67. The van der Waals surface area contributed by atoms with Gasteiger partial charge >= 0.3 is 0 Å². The molecule has 4 nitrogen and oxygen atoms in total. The van der Waals surface area contributed by atoms with E-state index in [4.69, 9.17) is 0 Å². The van der Waals surface area contributed by atoms with Gasteiger partial charge in [-0.2, -0.15) is 0 Å². The molecule has 0 radical (unpaired) electrons. The Hall–Kier alpha value is -1.88. The van der Waals surface area contributed by atoms with Gasteiger partial charge in [0.25, 0.3) is 0 Å². The number of nitrogens with zero attached hydrogens (tertiary/aromatic N) is 2. The van der Waals surface area contributed by atoms with Crippen molar-refractivity contribution >= 4 is 28.6 Å². The fourth-order valence-electron chi connectivity index (χ4n) is 2.72. The molecule has 1 N–H and O–H groups in total. The van der Waals surface area contributed by atoms with Crippen molar-refractivity contribution in [2.75, 3.05) is 16.8 Å². The van der Waals surface area contributed by atoms with Crippen LogP contribution in [-0.2, 0) is 11.2 Å². The van der Waals surface area contributed by atoms with Gasteiger partial charge in [0.15, 0.2) is 0 Å². The third-order valence-corrected chi connectivity index (χ3v) is 4.61. The highest BCUT2D eigenvalue weighted by Gasteiger charge is 2.22. The zero-order valence-corrected chi connectivity index (χ0v) is 13.3. The zero-order valence-electron chi connectivity index (χ0n) is 12.5. The van der Waals surface area contributed by atoms with Crippen molar-refractivity contribution in [2.45, 2.75) is 33.2 Å². The number of anilines is 2. The number of fused-ring (bicyclic) bond motifs is 1. The molecule has 1 amide bonds. The second-order valence-electron chi connectivity index (χ2n) is 5.42. The lowest BCUT2D eigenvalue weighted by Crippen LogP contribution is -2.25. The summed E-state index contributed by atoms with van der Waals surface area (Å²) in [6.45, 7) is 6.54. The predicted octanol–water partition coefficient (Wildman–Crippen LogP) is 3.53. The molecule has 0 spiro atoms. The molecule has 2 aromatic rings. The van der Waals surface area contributed by atoms with Crippen molar-refractivity contribution < 1.29 is 4.79 Å². The molecule has 1 aromatic carbocycles. The van der Waals surface area contributed by atoms with E-state index in [0.717, 1.165) is 35.0 Å². The fraction of sp³-hybridized carbons (Fsp3) is 0.375. The van der Waals surface area contributed by atoms with Gasteiger partial charge in [-0.25, -0.2) is 4.98 Å². The van der Waals surface area contributed by atoms with E-state index in [1.807, 2.05) is 24.0 Å². The van der Waals surface area contributed by atoms with E-state index in [1.165, 1.54) is 5.56 Å². The van der Waals surface area contributed by atoms with Crippen LogP contribution in [0.1, 0.15) is 36.2 Å². The smallest absolute Gasteiger partial charge is 0.223 e. The number of rotatable bonds is 3. The van der Waals surface area contributed by atoms with Crippen LogP contribution in [-0.4, -0.2) is 17.4 Å². The number of hydrogen-bond donors (Lipinski definition) is 1. The first-order valence-electron chi connectivity index (χ1n) is 7.14. The molecule has 1 atom stereocenters. The van der Waals surface area contributed by atoms with Crippen molar-refractivity contribution in [3.63, 3.8) is 0 Å². The molecule has 0 bridgehead atoms. The maximum atomic E-state index is 11.6. The molecule has 0 aliphatic carbocycles. The quantitative estimate of drug-likeness (QED) is 0.943. The summed E-state index contributed by atoms with van der Waals surface area (Å²) in [6, 6.07) is 6.40. The molecule has 0 saturated carbocycles. The third-order valence-electron chi connectivity index (χ3n) is 3.82. The lowest BCUT2D eigenvalue weighted by molar-refractivity contribution is -0.116. The molecule has 3 rings (SSSR count). The lowest BCUT2D eigenvalue weighted by Gasteiger charge is -2.17. The molecule has 0 saturated heterocycles. The predicted molar refractivity (Wildman–Crippen MR) is 87.1 cm³/mol. The molecule has 5 heteroatoms. The molecule has 1 aliphatic heterocycles. The Morgan fingerprint density at radius 2 is 2.29 bits per heavy atom. The Balaban J connectivity index is 1.77. The second kappa shape index (κ2) is 5.48. The molecule has 0 fully saturated rings. The fourth-order valence-corrected chi connectivity index (χ4v) is 3.43. The van der Waals surface area contributed by atoms with E-state index in [0.29, 0.717) is 0 Å². The van der Waals surface area contributed by atoms with Gasteiger partial charge in [-0.3, -0.25) is 4.79 Å². The Bertz CT molecular complexity index is 680.